The molecule has 0 bridgehead atoms. The molecule has 0 saturated carbocycles. The number of esters is 1. The molecule has 1 aliphatic rings. The quantitative estimate of drug-likeness (QED) is 0.673. The van der Waals surface area contributed by atoms with Crippen molar-refractivity contribution < 1.29 is 24.1 Å². The number of hydrogen-bond donors (Lipinski definition) is 1. The number of β-amino-alcohol motifs (C(OH)–C–C–N with tert-alkyl or cyclic N) is 1. The number of carbonyl (C=O) groups excluding carboxylic acids is 1. The maximum atomic E-state index is 11.2. The van der Waals surface area contributed by atoms with Crippen molar-refractivity contribution >= 4 is 17.6 Å². The Balaban J connectivity index is 1.63. The summed E-state index contributed by atoms with van der Waals surface area (Å²) in [6, 6.07) is 15.4. The fourth-order valence-electron chi connectivity index (χ4n) is 3.64. The van der Waals surface area contributed by atoms with Crippen LogP contribution >= 0.6 is 11.6 Å². The molecule has 0 aromatic heterocycles. The van der Waals surface area contributed by atoms with Crippen LogP contribution in [0.4, 0.5) is 0 Å². The fraction of sp³-hybridized carbons (Fsp3) is 0.435. The lowest BCUT2D eigenvalue weighted by Gasteiger charge is -2.44. The van der Waals surface area contributed by atoms with Gasteiger partial charge in [0.25, 0.3) is 0 Å². The first-order valence-electron chi connectivity index (χ1n) is 9.94. The largest absolute Gasteiger partial charge is 0.482 e. The lowest BCUT2D eigenvalue weighted by atomic mass is 10.0. The molecule has 1 aliphatic heterocycles. The van der Waals surface area contributed by atoms with Crippen molar-refractivity contribution in [3.63, 3.8) is 0 Å². The third-order valence-corrected chi connectivity index (χ3v) is 5.41. The number of aliphatic hydroxyl groups is 1. The Hall–Kier alpha value is -2.12. The minimum atomic E-state index is -1.24. The van der Waals surface area contributed by atoms with E-state index in [0.29, 0.717) is 23.9 Å². The zero-order valence-electron chi connectivity index (χ0n) is 17.5. The maximum Gasteiger partial charge on any atom is 0.343 e. The van der Waals surface area contributed by atoms with Gasteiger partial charge in [-0.15, -0.1) is 0 Å². The van der Waals surface area contributed by atoms with E-state index in [2.05, 4.69) is 16.6 Å². The van der Waals surface area contributed by atoms with Crippen LogP contribution in [0.2, 0.25) is 5.02 Å². The normalized spacial score (nSPS) is 23.0. The second kappa shape index (κ2) is 9.79. The van der Waals surface area contributed by atoms with Gasteiger partial charge in [-0.3, -0.25) is 4.90 Å². The van der Waals surface area contributed by atoms with E-state index in [1.54, 1.807) is 6.92 Å². The van der Waals surface area contributed by atoms with Gasteiger partial charge in [-0.25, -0.2) is 4.79 Å². The molecule has 6 nitrogen and oxygen atoms in total. The van der Waals surface area contributed by atoms with E-state index in [4.69, 9.17) is 21.1 Å². The lowest BCUT2D eigenvalue weighted by Crippen LogP contribution is -2.54. The first kappa shape index (κ1) is 22.6. The smallest absolute Gasteiger partial charge is 0.343 e. The number of methoxy groups -OCH3 is 1. The van der Waals surface area contributed by atoms with Crippen molar-refractivity contribution in [2.45, 2.75) is 38.2 Å². The molecule has 0 spiro atoms. The third kappa shape index (κ3) is 6.19. The van der Waals surface area contributed by atoms with Gasteiger partial charge < -0.3 is 19.3 Å². The average molecular weight is 434 g/mol. The molecule has 3 rings (SSSR count). The molecular formula is C23H28ClNO5. The number of rotatable bonds is 7. The van der Waals surface area contributed by atoms with Gasteiger partial charge in [-0.05, 0) is 55.7 Å². The number of morpholine rings is 1. The highest BCUT2D eigenvalue weighted by Gasteiger charge is 2.37. The Morgan fingerprint density at radius 3 is 2.73 bits per heavy atom. The Kier molecular flexibility index (Phi) is 7.36. The SMILES string of the molecule is COC(=O)COc1ccc(CC(C)N2CC(c3cccc(Cl)c3)OC(C)(O)C2)cc1. The summed E-state index contributed by atoms with van der Waals surface area (Å²) in [6.07, 6.45) is 0.541. The van der Waals surface area contributed by atoms with Gasteiger partial charge in [0, 0.05) is 17.6 Å². The molecule has 0 aliphatic carbocycles. The molecule has 30 heavy (non-hydrogen) atoms. The van der Waals surface area contributed by atoms with Crippen molar-refractivity contribution in [1.82, 2.24) is 4.90 Å². The Labute approximate surface area is 182 Å². The van der Waals surface area contributed by atoms with Crippen LogP contribution in [0.3, 0.4) is 0 Å². The van der Waals surface area contributed by atoms with Gasteiger partial charge in [-0.1, -0.05) is 35.9 Å². The maximum absolute atomic E-state index is 11.2. The molecular weight excluding hydrogens is 406 g/mol. The second-order valence-electron chi connectivity index (χ2n) is 7.83. The summed E-state index contributed by atoms with van der Waals surface area (Å²) < 4.78 is 15.9. The van der Waals surface area contributed by atoms with Crippen LogP contribution in [-0.4, -0.2) is 54.6 Å². The molecule has 3 atom stereocenters. The van der Waals surface area contributed by atoms with Gasteiger partial charge in [0.15, 0.2) is 12.4 Å². The van der Waals surface area contributed by atoms with E-state index in [-0.39, 0.29) is 18.8 Å². The number of carbonyl (C=O) groups is 1. The van der Waals surface area contributed by atoms with Gasteiger partial charge in [0.2, 0.25) is 0 Å². The summed E-state index contributed by atoms with van der Waals surface area (Å²) in [6.45, 7) is 4.80. The van der Waals surface area contributed by atoms with Crippen molar-refractivity contribution in [1.29, 1.82) is 0 Å². The highest BCUT2D eigenvalue weighted by molar-refractivity contribution is 6.30. The van der Waals surface area contributed by atoms with Crippen LogP contribution in [0.1, 0.15) is 31.1 Å². The van der Waals surface area contributed by atoms with E-state index in [1.807, 2.05) is 48.5 Å². The third-order valence-electron chi connectivity index (χ3n) is 5.18. The average Bonchev–Trinajstić information content (AvgIpc) is 2.71. The first-order valence-corrected chi connectivity index (χ1v) is 10.3. The molecule has 162 valence electrons. The van der Waals surface area contributed by atoms with E-state index < -0.39 is 11.8 Å². The number of benzene rings is 2. The van der Waals surface area contributed by atoms with Crippen molar-refractivity contribution in [3.05, 3.63) is 64.7 Å². The van der Waals surface area contributed by atoms with Crippen LogP contribution in [0.5, 0.6) is 5.75 Å². The number of hydrogen-bond acceptors (Lipinski definition) is 6. The zero-order valence-corrected chi connectivity index (χ0v) is 18.3. The first-order chi connectivity index (χ1) is 14.3. The van der Waals surface area contributed by atoms with E-state index in [1.165, 1.54) is 7.11 Å². The van der Waals surface area contributed by atoms with Crippen LogP contribution in [0.15, 0.2) is 48.5 Å². The summed E-state index contributed by atoms with van der Waals surface area (Å²) in [4.78, 5) is 13.4. The van der Waals surface area contributed by atoms with Crippen molar-refractivity contribution in [2.24, 2.45) is 0 Å². The summed E-state index contributed by atoms with van der Waals surface area (Å²) in [7, 11) is 1.33. The summed E-state index contributed by atoms with van der Waals surface area (Å²) in [5, 5.41) is 11.3. The van der Waals surface area contributed by atoms with Gasteiger partial charge in [0.05, 0.1) is 19.8 Å². The molecule has 0 amide bonds. The number of ether oxygens (including phenoxy) is 3. The van der Waals surface area contributed by atoms with Gasteiger partial charge >= 0.3 is 5.97 Å². The lowest BCUT2D eigenvalue weighted by molar-refractivity contribution is -0.263. The highest BCUT2D eigenvalue weighted by Crippen LogP contribution is 2.32. The molecule has 1 heterocycles. The molecule has 1 saturated heterocycles. The highest BCUT2D eigenvalue weighted by atomic mass is 35.5. The Morgan fingerprint density at radius 2 is 2.07 bits per heavy atom. The van der Waals surface area contributed by atoms with Crippen LogP contribution < -0.4 is 4.74 Å². The van der Waals surface area contributed by atoms with Crippen LogP contribution in [-0.2, 0) is 20.7 Å². The van der Waals surface area contributed by atoms with Crippen molar-refractivity contribution in [3.8, 4) is 5.75 Å². The van der Waals surface area contributed by atoms with Crippen LogP contribution in [0, 0.1) is 0 Å². The molecule has 0 radical (unpaired) electrons. The molecule has 1 N–H and O–H groups in total. The predicted molar refractivity (Wildman–Crippen MR) is 115 cm³/mol. The summed E-state index contributed by atoms with van der Waals surface area (Å²) in [5.41, 5.74) is 2.09. The second-order valence-corrected chi connectivity index (χ2v) is 8.26. The minimum Gasteiger partial charge on any atom is -0.482 e. The monoisotopic (exact) mass is 433 g/mol. The topological polar surface area (TPSA) is 68.2 Å². The molecule has 3 unspecified atom stereocenters. The number of nitrogens with zero attached hydrogens (tertiary/aromatic N) is 1. The van der Waals surface area contributed by atoms with E-state index in [9.17, 15) is 9.90 Å². The Morgan fingerprint density at radius 1 is 1.33 bits per heavy atom. The molecule has 2 aromatic carbocycles. The molecule has 1 fully saturated rings. The minimum absolute atomic E-state index is 0.111. The van der Waals surface area contributed by atoms with Crippen molar-refractivity contribution in [2.75, 3.05) is 26.8 Å². The van der Waals surface area contributed by atoms with Gasteiger partial charge in [0.1, 0.15) is 5.75 Å². The number of halogens is 1. The fourth-order valence-corrected chi connectivity index (χ4v) is 3.84. The van der Waals surface area contributed by atoms with Crippen LogP contribution in [0.25, 0.3) is 0 Å². The summed E-state index contributed by atoms with van der Waals surface area (Å²) >= 11 is 6.13. The zero-order chi connectivity index (χ0) is 21.7. The van der Waals surface area contributed by atoms with E-state index >= 15 is 0 Å². The predicted octanol–water partition coefficient (Wildman–Crippen LogP) is 3.60. The standard InChI is InChI=1S/C23H28ClNO5/c1-16(11-17-7-9-20(10-8-17)29-14-22(26)28-3)25-13-21(30-23(2,27)15-25)18-5-4-6-19(24)12-18/h4-10,12,16,21,27H,11,13-15H2,1-3H3. The van der Waals surface area contributed by atoms with E-state index in [0.717, 1.165) is 17.5 Å². The Bertz CT molecular complexity index is 855. The van der Waals surface area contributed by atoms with Gasteiger partial charge in [-0.2, -0.15) is 0 Å². The molecule has 2 aromatic rings. The molecule has 7 heteroatoms. The summed E-state index contributed by atoms with van der Waals surface area (Å²) in [5.74, 6) is -1.04.